The molecule has 1 fully saturated rings. The fraction of sp³-hybridized carbons (Fsp3) is 0.700. The Morgan fingerprint density at radius 3 is 1.38 bits per heavy atom. The van der Waals surface area contributed by atoms with E-state index in [4.69, 9.17) is 4.55 Å². The van der Waals surface area contributed by atoms with Gasteiger partial charge in [0.25, 0.3) is 0 Å². The van der Waals surface area contributed by atoms with Gasteiger partial charge in [0.15, 0.2) is 0 Å². The fourth-order valence-electron chi connectivity index (χ4n) is 1.87. The molecule has 0 aliphatic heterocycles. The van der Waals surface area contributed by atoms with Crippen LogP contribution in [0.4, 0.5) is 43.9 Å². The second-order valence-corrected chi connectivity index (χ2v) is 6.65. The second-order valence-electron chi connectivity index (χ2n) is 5.13. The van der Waals surface area contributed by atoms with Gasteiger partial charge in [0.2, 0.25) is 0 Å². The Morgan fingerprint density at radius 1 is 0.846 bits per heavy atom. The number of alkyl halides is 10. The predicted molar refractivity (Wildman–Crippen MR) is 59.9 cm³/mol. The van der Waals surface area contributed by atoms with Gasteiger partial charge in [-0.05, 0) is 6.92 Å². The highest BCUT2D eigenvalue weighted by atomic mass is 32.2. The van der Waals surface area contributed by atoms with Gasteiger partial charge in [0.1, 0.15) is 0 Å². The Hall–Kier alpha value is -1.58. The molecular weight excluding hydrogens is 422 g/mol. The first-order valence-corrected chi connectivity index (χ1v) is 7.27. The maximum atomic E-state index is 14.1. The number of hydrogen-bond donors (Lipinski definition) is 1. The summed E-state index contributed by atoms with van der Waals surface area (Å²) in [5.41, 5.74) is -1.20. The number of carbonyl (C=O) groups is 1. The van der Waals surface area contributed by atoms with Gasteiger partial charge in [-0.3, -0.25) is 4.55 Å². The molecule has 1 rings (SSSR count). The standard InChI is InChI=1S/C10H6F10O5S/c1-3(2)4(21)25-9(19)5(11,12)7(15,16)10(20,26(22,23)24)8(17,18)6(9,13)14/h1H2,2H3,(H,22,23,24). The number of hydrogen-bond acceptors (Lipinski definition) is 4. The molecular formula is C10H6F10O5S. The molecule has 16 heteroatoms. The molecule has 1 saturated carbocycles. The summed E-state index contributed by atoms with van der Waals surface area (Å²) in [6.45, 7) is 3.06. The van der Waals surface area contributed by atoms with Crippen molar-refractivity contribution in [3.8, 4) is 0 Å². The highest BCUT2D eigenvalue weighted by molar-refractivity contribution is 7.87. The zero-order chi connectivity index (χ0) is 21.4. The molecule has 0 amide bonds. The Labute approximate surface area is 137 Å². The number of halogens is 10. The molecule has 26 heavy (non-hydrogen) atoms. The van der Waals surface area contributed by atoms with Crippen molar-refractivity contribution in [3.63, 3.8) is 0 Å². The Bertz CT molecular complexity index is 730. The number of carbonyl (C=O) groups excluding carboxylic acids is 1. The van der Waals surface area contributed by atoms with E-state index in [9.17, 15) is 57.1 Å². The van der Waals surface area contributed by atoms with E-state index in [0.717, 1.165) is 0 Å². The van der Waals surface area contributed by atoms with E-state index in [-0.39, 0.29) is 0 Å². The van der Waals surface area contributed by atoms with Crippen molar-refractivity contribution in [2.45, 2.75) is 41.5 Å². The minimum Gasteiger partial charge on any atom is -0.413 e. The highest BCUT2D eigenvalue weighted by Gasteiger charge is 3.05. The van der Waals surface area contributed by atoms with E-state index >= 15 is 0 Å². The van der Waals surface area contributed by atoms with Crippen LogP contribution in [-0.2, 0) is 19.6 Å². The normalized spacial score (nSPS) is 34.8. The summed E-state index contributed by atoms with van der Waals surface area (Å²) < 4.78 is 169. The van der Waals surface area contributed by atoms with Crippen LogP contribution in [0.15, 0.2) is 12.2 Å². The van der Waals surface area contributed by atoms with Gasteiger partial charge in [0, 0.05) is 5.57 Å². The Kier molecular flexibility index (Phi) is 4.52. The third-order valence-corrected chi connectivity index (χ3v) is 4.56. The van der Waals surface area contributed by atoms with Gasteiger partial charge in [-0.15, -0.1) is 0 Å². The van der Waals surface area contributed by atoms with E-state index in [1.807, 2.05) is 0 Å². The first kappa shape index (κ1) is 22.5. The molecule has 0 aromatic carbocycles. The Balaban J connectivity index is 4.00. The molecule has 0 bridgehead atoms. The van der Waals surface area contributed by atoms with Gasteiger partial charge in [0.05, 0.1) is 0 Å². The van der Waals surface area contributed by atoms with Gasteiger partial charge < -0.3 is 4.74 Å². The number of rotatable bonds is 3. The van der Waals surface area contributed by atoms with Gasteiger partial charge in [-0.25, -0.2) is 9.18 Å². The van der Waals surface area contributed by atoms with Crippen molar-refractivity contribution in [1.82, 2.24) is 0 Å². The quantitative estimate of drug-likeness (QED) is 0.324. The van der Waals surface area contributed by atoms with Crippen LogP contribution in [0.5, 0.6) is 0 Å². The zero-order valence-corrected chi connectivity index (χ0v) is 12.8. The van der Waals surface area contributed by atoms with Crippen LogP contribution in [0.2, 0.25) is 0 Å². The lowest BCUT2D eigenvalue weighted by Crippen LogP contribution is -2.86. The SMILES string of the molecule is C=C(C)C(=O)OC1(F)C(F)(F)C(F)(F)C(F)(S(=O)(=O)O)C(F)(F)C1(F)F. The lowest BCUT2D eigenvalue weighted by Gasteiger charge is -2.52. The lowest BCUT2D eigenvalue weighted by molar-refractivity contribution is -0.485. The molecule has 152 valence electrons. The zero-order valence-electron chi connectivity index (χ0n) is 12.0. The van der Waals surface area contributed by atoms with Crippen molar-refractivity contribution >= 4 is 16.1 Å². The molecule has 0 aromatic rings. The van der Waals surface area contributed by atoms with Crippen molar-refractivity contribution in [1.29, 1.82) is 0 Å². The minimum absolute atomic E-state index is 0.485. The molecule has 0 radical (unpaired) electrons. The highest BCUT2D eigenvalue weighted by Crippen LogP contribution is 2.70. The molecule has 0 saturated heterocycles. The van der Waals surface area contributed by atoms with E-state index in [2.05, 4.69) is 11.3 Å². The fourth-order valence-corrected chi connectivity index (χ4v) is 2.77. The third kappa shape index (κ3) is 2.07. The summed E-state index contributed by atoms with van der Waals surface area (Å²) in [7, 11) is -7.73. The topological polar surface area (TPSA) is 80.7 Å². The maximum absolute atomic E-state index is 14.1. The monoisotopic (exact) mass is 428 g/mol. The molecule has 0 atom stereocenters. The molecule has 0 heterocycles. The van der Waals surface area contributed by atoms with E-state index in [0.29, 0.717) is 6.92 Å². The molecule has 0 aromatic heterocycles. The molecule has 0 spiro atoms. The smallest absolute Gasteiger partial charge is 0.390 e. The first-order valence-electron chi connectivity index (χ1n) is 5.83. The summed E-state index contributed by atoms with van der Waals surface area (Å²) in [6.07, 6.45) is 0. The summed E-state index contributed by atoms with van der Waals surface area (Å²) in [5.74, 6) is -39.4. The van der Waals surface area contributed by atoms with Gasteiger partial charge >= 0.3 is 50.6 Å². The average molecular weight is 428 g/mol. The summed E-state index contributed by atoms with van der Waals surface area (Å²) >= 11 is 0. The van der Waals surface area contributed by atoms with Crippen molar-refractivity contribution in [2.75, 3.05) is 0 Å². The molecule has 1 N–H and O–H groups in total. The number of ether oxygens (including phenoxy) is 1. The van der Waals surface area contributed by atoms with Crippen LogP contribution in [-0.4, -0.2) is 53.5 Å². The van der Waals surface area contributed by atoms with E-state index in [1.54, 1.807) is 0 Å². The largest absolute Gasteiger partial charge is 0.413 e. The van der Waals surface area contributed by atoms with Gasteiger partial charge in [-0.2, -0.15) is 47.9 Å². The predicted octanol–water partition coefficient (Wildman–Crippen LogP) is 2.88. The maximum Gasteiger partial charge on any atom is 0.390 e. The second kappa shape index (κ2) is 5.24. The van der Waals surface area contributed by atoms with Gasteiger partial charge in [-0.1, -0.05) is 6.58 Å². The summed E-state index contributed by atoms with van der Waals surface area (Å²) in [5, 5.41) is -7.38. The van der Waals surface area contributed by atoms with Crippen LogP contribution in [0.25, 0.3) is 0 Å². The van der Waals surface area contributed by atoms with Crippen LogP contribution in [0.1, 0.15) is 6.92 Å². The van der Waals surface area contributed by atoms with E-state index < -0.39 is 56.2 Å². The van der Waals surface area contributed by atoms with Crippen LogP contribution in [0, 0.1) is 0 Å². The van der Waals surface area contributed by atoms with Crippen LogP contribution in [0.3, 0.4) is 0 Å². The Morgan fingerprint density at radius 2 is 1.15 bits per heavy atom. The average Bonchev–Trinajstić information content (AvgIpc) is 2.42. The first-order chi connectivity index (χ1) is 11.1. The van der Waals surface area contributed by atoms with Crippen LogP contribution < -0.4 is 0 Å². The van der Waals surface area contributed by atoms with Crippen molar-refractivity contribution in [3.05, 3.63) is 12.2 Å². The molecule has 5 nitrogen and oxygen atoms in total. The minimum atomic E-state index is -7.73. The molecule has 1 aliphatic carbocycles. The van der Waals surface area contributed by atoms with E-state index in [1.165, 1.54) is 0 Å². The van der Waals surface area contributed by atoms with Crippen molar-refractivity contribution < 1.29 is 66.4 Å². The molecule has 1 aliphatic rings. The number of esters is 1. The third-order valence-electron chi connectivity index (χ3n) is 3.34. The van der Waals surface area contributed by atoms with Crippen molar-refractivity contribution in [2.24, 2.45) is 0 Å². The van der Waals surface area contributed by atoms with Crippen LogP contribution >= 0.6 is 0 Å². The summed E-state index contributed by atoms with van der Waals surface area (Å²) in [4.78, 5) is 11.0. The summed E-state index contributed by atoms with van der Waals surface area (Å²) in [6, 6.07) is 0. The molecule has 0 unspecified atom stereocenters. The lowest BCUT2D eigenvalue weighted by atomic mass is 9.79.